The van der Waals surface area contributed by atoms with Crippen molar-refractivity contribution in [2.45, 2.75) is 95.8 Å². The summed E-state index contributed by atoms with van der Waals surface area (Å²) in [4.78, 5) is 38.2. The fraction of sp³-hybridized carbons (Fsp3) is 0.640. The largest absolute Gasteiger partial charge is 0.322 e. The van der Waals surface area contributed by atoms with Crippen molar-refractivity contribution in [1.29, 1.82) is 0 Å². The molecule has 0 bridgehead atoms. The second-order valence-corrected chi connectivity index (χ2v) is 9.78. The molecule has 2 heterocycles. The lowest BCUT2D eigenvalue weighted by molar-refractivity contribution is -0.136. The van der Waals surface area contributed by atoms with E-state index in [0.29, 0.717) is 36.9 Å². The summed E-state index contributed by atoms with van der Waals surface area (Å²) >= 11 is 0. The van der Waals surface area contributed by atoms with Gasteiger partial charge in [0.2, 0.25) is 18.2 Å². The molecule has 3 amide bonds. The van der Waals surface area contributed by atoms with Crippen LogP contribution < -0.4 is 10.6 Å². The van der Waals surface area contributed by atoms with Crippen LogP contribution in [-0.2, 0) is 22.6 Å². The van der Waals surface area contributed by atoms with Crippen LogP contribution in [0.3, 0.4) is 0 Å². The van der Waals surface area contributed by atoms with Crippen molar-refractivity contribution in [3.05, 3.63) is 34.9 Å². The van der Waals surface area contributed by atoms with Gasteiger partial charge in [-0.2, -0.15) is 0 Å². The molecule has 1 saturated heterocycles. The van der Waals surface area contributed by atoms with Crippen LogP contribution in [-0.4, -0.2) is 47.2 Å². The Labute approximate surface area is 193 Å². The highest BCUT2D eigenvalue weighted by atomic mass is 19.3. The molecule has 180 valence electrons. The number of fused-ring (bicyclic) bond motifs is 1. The Morgan fingerprint density at radius 1 is 1.12 bits per heavy atom. The number of amides is 3. The monoisotopic (exact) mass is 461 g/mol. The highest BCUT2D eigenvalue weighted by Gasteiger charge is 2.39. The van der Waals surface area contributed by atoms with Crippen LogP contribution >= 0.6 is 0 Å². The van der Waals surface area contributed by atoms with Crippen molar-refractivity contribution >= 4 is 17.7 Å². The predicted octanol–water partition coefficient (Wildman–Crippen LogP) is 3.57. The Bertz CT molecular complexity index is 907. The summed E-state index contributed by atoms with van der Waals surface area (Å²) in [6, 6.07) is 5.69. The highest BCUT2D eigenvalue weighted by Crippen LogP contribution is 2.32. The van der Waals surface area contributed by atoms with Gasteiger partial charge in [0.25, 0.3) is 5.91 Å². The van der Waals surface area contributed by atoms with Crippen molar-refractivity contribution in [2.75, 3.05) is 0 Å². The first kappa shape index (κ1) is 23.8. The van der Waals surface area contributed by atoms with E-state index in [1.54, 1.807) is 4.90 Å². The van der Waals surface area contributed by atoms with E-state index in [4.69, 9.17) is 0 Å². The third-order valence-corrected chi connectivity index (χ3v) is 7.31. The van der Waals surface area contributed by atoms with Crippen molar-refractivity contribution in [3.8, 4) is 0 Å². The number of hydrogen-bond donors (Lipinski definition) is 2. The van der Waals surface area contributed by atoms with E-state index in [1.165, 1.54) is 6.42 Å². The lowest BCUT2D eigenvalue weighted by atomic mass is 9.80. The fourth-order valence-electron chi connectivity index (χ4n) is 5.55. The first-order valence-corrected chi connectivity index (χ1v) is 12.1. The molecule has 0 radical (unpaired) electrons. The number of imide groups is 1. The Morgan fingerprint density at radius 3 is 2.67 bits per heavy atom. The van der Waals surface area contributed by atoms with Gasteiger partial charge in [-0.25, -0.2) is 8.78 Å². The van der Waals surface area contributed by atoms with Gasteiger partial charge in [0.05, 0.1) is 0 Å². The number of halogens is 2. The molecule has 8 heteroatoms. The lowest BCUT2D eigenvalue weighted by Gasteiger charge is -2.35. The number of hydrogen-bond acceptors (Lipinski definition) is 4. The molecule has 0 spiro atoms. The van der Waals surface area contributed by atoms with Crippen LogP contribution in [0.2, 0.25) is 0 Å². The van der Waals surface area contributed by atoms with E-state index < -0.39 is 18.4 Å². The van der Waals surface area contributed by atoms with Crippen molar-refractivity contribution in [3.63, 3.8) is 0 Å². The Balaban J connectivity index is 1.40. The third kappa shape index (κ3) is 5.60. The second-order valence-electron chi connectivity index (χ2n) is 9.78. The molecule has 4 atom stereocenters. The molecule has 2 fully saturated rings. The van der Waals surface area contributed by atoms with Crippen molar-refractivity contribution < 1.29 is 23.2 Å². The number of nitrogens with one attached hydrogen (secondary N) is 2. The van der Waals surface area contributed by atoms with Gasteiger partial charge in [-0.1, -0.05) is 25.0 Å². The quantitative estimate of drug-likeness (QED) is 0.580. The third-order valence-electron chi connectivity index (χ3n) is 7.31. The molecule has 6 nitrogen and oxygen atoms in total. The predicted molar refractivity (Wildman–Crippen MR) is 120 cm³/mol. The Morgan fingerprint density at radius 2 is 1.91 bits per heavy atom. The topological polar surface area (TPSA) is 78.5 Å². The first-order chi connectivity index (χ1) is 15.8. The molecule has 1 aliphatic carbocycles. The molecule has 2 aliphatic heterocycles. The van der Waals surface area contributed by atoms with Crippen LogP contribution in [0.15, 0.2) is 18.2 Å². The van der Waals surface area contributed by atoms with E-state index in [1.807, 2.05) is 19.1 Å². The van der Waals surface area contributed by atoms with Crippen molar-refractivity contribution in [2.24, 2.45) is 5.92 Å². The van der Waals surface area contributed by atoms with Gasteiger partial charge in [-0.05, 0) is 62.1 Å². The number of carbonyl (C=O) groups is 3. The zero-order chi connectivity index (χ0) is 23.5. The number of carbonyl (C=O) groups excluding carboxylic acids is 3. The molecule has 1 unspecified atom stereocenters. The standard InChI is InChI=1S/C25H33F2N3O3/c1-15(6-10-22(26)27)28-20-5-3-2-4-17(20)12-16-7-8-19-18(13-16)14-30(25(19)33)21-9-11-23(31)29-24(21)32/h7-8,13,15,17,20-22,28H,2-6,9-12,14H2,1H3,(H,29,31,32)/t15-,17+,20-,21?/m0/s1. The van der Waals surface area contributed by atoms with Crippen LogP contribution in [0.5, 0.6) is 0 Å². The van der Waals surface area contributed by atoms with E-state index in [-0.39, 0.29) is 30.7 Å². The molecule has 1 saturated carbocycles. The zero-order valence-corrected chi connectivity index (χ0v) is 19.1. The van der Waals surface area contributed by atoms with E-state index in [2.05, 4.69) is 16.7 Å². The average Bonchev–Trinajstić information content (AvgIpc) is 3.09. The lowest BCUT2D eigenvalue weighted by Crippen LogP contribution is -2.52. The van der Waals surface area contributed by atoms with E-state index >= 15 is 0 Å². The van der Waals surface area contributed by atoms with Gasteiger partial charge in [0.1, 0.15) is 6.04 Å². The highest BCUT2D eigenvalue weighted by molar-refractivity contribution is 6.05. The SMILES string of the molecule is C[C@@H](CCC(F)F)N[C@H]1CCCC[C@@H]1Cc1ccc2c(c1)CN(C1CCC(=O)NC1=O)C2=O. The average molecular weight is 462 g/mol. The minimum Gasteiger partial charge on any atom is -0.322 e. The van der Waals surface area contributed by atoms with Crippen LogP contribution in [0.25, 0.3) is 0 Å². The molecule has 2 N–H and O–H groups in total. The van der Waals surface area contributed by atoms with Crippen LogP contribution in [0.1, 0.15) is 79.8 Å². The number of benzene rings is 1. The molecule has 1 aromatic carbocycles. The zero-order valence-electron chi connectivity index (χ0n) is 19.1. The smallest absolute Gasteiger partial charge is 0.255 e. The van der Waals surface area contributed by atoms with Crippen LogP contribution in [0, 0.1) is 5.92 Å². The Kier molecular flexibility index (Phi) is 7.41. The van der Waals surface area contributed by atoms with Gasteiger partial charge in [-0.15, -0.1) is 0 Å². The van der Waals surface area contributed by atoms with Gasteiger partial charge in [-0.3, -0.25) is 19.7 Å². The maximum absolute atomic E-state index is 12.9. The van der Waals surface area contributed by atoms with Crippen molar-refractivity contribution in [1.82, 2.24) is 15.5 Å². The van der Waals surface area contributed by atoms with Gasteiger partial charge in [0, 0.05) is 37.0 Å². The second kappa shape index (κ2) is 10.3. The summed E-state index contributed by atoms with van der Waals surface area (Å²) < 4.78 is 25.1. The molecule has 1 aromatic rings. The van der Waals surface area contributed by atoms with Gasteiger partial charge < -0.3 is 10.2 Å². The Hall–Kier alpha value is -2.35. The maximum atomic E-state index is 12.9. The van der Waals surface area contributed by atoms with Gasteiger partial charge in [0.15, 0.2) is 0 Å². The normalized spacial score (nSPS) is 26.5. The summed E-state index contributed by atoms with van der Waals surface area (Å²) in [5.41, 5.74) is 2.71. The molecule has 33 heavy (non-hydrogen) atoms. The maximum Gasteiger partial charge on any atom is 0.255 e. The molecule has 0 aromatic heterocycles. The molecule has 3 aliphatic rings. The molecule has 4 rings (SSSR count). The molecular weight excluding hydrogens is 428 g/mol. The number of piperidine rings is 1. The summed E-state index contributed by atoms with van der Waals surface area (Å²) in [6.07, 6.45) is 4.07. The summed E-state index contributed by atoms with van der Waals surface area (Å²) in [5, 5.41) is 5.93. The van der Waals surface area contributed by atoms with E-state index in [9.17, 15) is 23.2 Å². The molecular formula is C25H33F2N3O3. The minimum atomic E-state index is -2.26. The number of rotatable bonds is 8. The summed E-state index contributed by atoms with van der Waals surface area (Å²) in [7, 11) is 0. The number of nitrogens with zero attached hydrogens (tertiary/aromatic N) is 1. The minimum absolute atomic E-state index is 0.0596. The first-order valence-electron chi connectivity index (χ1n) is 12.1. The van der Waals surface area contributed by atoms with Gasteiger partial charge >= 0.3 is 0 Å². The fourth-order valence-corrected chi connectivity index (χ4v) is 5.55. The summed E-state index contributed by atoms with van der Waals surface area (Å²) in [5.74, 6) is -0.420. The van der Waals surface area contributed by atoms with Crippen LogP contribution in [0.4, 0.5) is 8.78 Å². The number of alkyl halides is 2. The summed E-state index contributed by atoms with van der Waals surface area (Å²) in [6.45, 7) is 2.36. The van der Waals surface area contributed by atoms with E-state index in [0.717, 1.165) is 36.8 Å².